The predicted octanol–water partition coefficient (Wildman–Crippen LogP) is -0.421. The molecule has 0 aliphatic rings. The predicted molar refractivity (Wildman–Crippen MR) is 61.2 cm³/mol. The summed E-state index contributed by atoms with van der Waals surface area (Å²) in [7, 11) is 0. The van der Waals surface area contributed by atoms with Crippen molar-refractivity contribution in [2.24, 2.45) is 5.73 Å². The summed E-state index contributed by atoms with van der Waals surface area (Å²) in [5.41, 5.74) is 4.87. The standard InChI is InChI=1S/C10H17N3O4/c1-3-4-6(2)12-10(17)13-7(9(15)16)5-8(11)14/h3,6-7H,1,4-5H2,2H3,(H2,11,14)(H,15,16)(H2,12,13,17). The van der Waals surface area contributed by atoms with Gasteiger partial charge in [0.05, 0.1) is 6.42 Å². The van der Waals surface area contributed by atoms with E-state index in [0.717, 1.165) is 0 Å². The minimum atomic E-state index is -1.32. The van der Waals surface area contributed by atoms with E-state index >= 15 is 0 Å². The van der Waals surface area contributed by atoms with E-state index in [0.29, 0.717) is 6.42 Å². The Morgan fingerprint density at radius 3 is 2.41 bits per heavy atom. The van der Waals surface area contributed by atoms with Gasteiger partial charge in [-0.2, -0.15) is 0 Å². The molecule has 0 aromatic heterocycles. The summed E-state index contributed by atoms with van der Waals surface area (Å²) in [5.74, 6) is -2.10. The highest BCUT2D eigenvalue weighted by atomic mass is 16.4. The van der Waals surface area contributed by atoms with Crippen LogP contribution in [0.15, 0.2) is 12.7 Å². The van der Waals surface area contributed by atoms with Gasteiger partial charge in [-0.05, 0) is 13.3 Å². The lowest BCUT2D eigenvalue weighted by molar-refractivity contribution is -0.140. The molecule has 3 amide bonds. The third-order valence-electron chi connectivity index (χ3n) is 1.91. The maximum absolute atomic E-state index is 11.4. The smallest absolute Gasteiger partial charge is 0.326 e. The third kappa shape index (κ3) is 6.93. The van der Waals surface area contributed by atoms with E-state index in [2.05, 4.69) is 17.2 Å². The van der Waals surface area contributed by atoms with E-state index in [4.69, 9.17) is 10.8 Å². The Balaban J connectivity index is 4.26. The topological polar surface area (TPSA) is 122 Å². The summed E-state index contributed by atoms with van der Waals surface area (Å²) < 4.78 is 0. The molecule has 0 aliphatic heterocycles. The summed E-state index contributed by atoms with van der Waals surface area (Å²) in [4.78, 5) is 32.7. The molecule has 0 aromatic carbocycles. The number of carbonyl (C=O) groups is 3. The lowest BCUT2D eigenvalue weighted by Gasteiger charge is -2.16. The fraction of sp³-hybridized carbons (Fsp3) is 0.500. The number of carbonyl (C=O) groups excluding carboxylic acids is 2. The fourth-order valence-corrected chi connectivity index (χ4v) is 1.13. The van der Waals surface area contributed by atoms with Crippen LogP contribution in [0.25, 0.3) is 0 Å². The van der Waals surface area contributed by atoms with Crippen LogP contribution in [0.3, 0.4) is 0 Å². The number of primary amides is 1. The van der Waals surface area contributed by atoms with Gasteiger partial charge in [-0.1, -0.05) is 6.08 Å². The highest BCUT2D eigenvalue weighted by molar-refractivity contribution is 5.87. The first-order chi connectivity index (χ1) is 7.86. The second-order valence-electron chi connectivity index (χ2n) is 3.60. The van der Waals surface area contributed by atoms with Crippen LogP contribution in [0.2, 0.25) is 0 Å². The summed E-state index contributed by atoms with van der Waals surface area (Å²) in [5, 5.41) is 13.4. The Bertz CT molecular complexity index is 317. The molecule has 0 spiro atoms. The van der Waals surface area contributed by atoms with E-state index in [1.54, 1.807) is 13.0 Å². The Hall–Kier alpha value is -2.05. The lowest BCUT2D eigenvalue weighted by atomic mass is 10.2. The Morgan fingerprint density at radius 1 is 1.41 bits per heavy atom. The molecular formula is C10H17N3O4. The van der Waals surface area contributed by atoms with Crippen LogP contribution in [-0.2, 0) is 9.59 Å². The number of carboxylic acids is 1. The van der Waals surface area contributed by atoms with Crippen LogP contribution in [0.5, 0.6) is 0 Å². The molecule has 7 heteroatoms. The van der Waals surface area contributed by atoms with Gasteiger partial charge in [0, 0.05) is 6.04 Å². The van der Waals surface area contributed by atoms with E-state index in [1.807, 2.05) is 0 Å². The largest absolute Gasteiger partial charge is 0.480 e. The van der Waals surface area contributed by atoms with Crippen molar-refractivity contribution in [3.63, 3.8) is 0 Å². The quantitative estimate of drug-likeness (QED) is 0.453. The minimum Gasteiger partial charge on any atom is -0.480 e. The van der Waals surface area contributed by atoms with Gasteiger partial charge in [0.1, 0.15) is 6.04 Å². The van der Waals surface area contributed by atoms with Crippen molar-refractivity contribution in [3.05, 3.63) is 12.7 Å². The molecule has 0 rings (SSSR count). The molecule has 17 heavy (non-hydrogen) atoms. The molecule has 0 bridgehead atoms. The molecule has 96 valence electrons. The minimum absolute atomic E-state index is 0.171. The van der Waals surface area contributed by atoms with Gasteiger partial charge < -0.3 is 21.5 Å². The van der Waals surface area contributed by atoms with Gasteiger partial charge in [-0.25, -0.2) is 9.59 Å². The number of nitrogens with two attached hydrogens (primary N) is 1. The van der Waals surface area contributed by atoms with Gasteiger partial charge in [-0.15, -0.1) is 6.58 Å². The highest BCUT2D eigenvalue weighted by Crippen LogP contribution is 1.94. The van der Waals surface area contributed by atoms with Gasteiger partial charge in [0.15, 0.2) is 0 Å². The highest BCUT2D eigenvalue weighted by Gasteiger charge is 2.22. The zero-order valence-electron chi connectivity index (χ0n) is 9.60. The number of nitrogens with one attached hydrogen (secondary N) is 2. The number of hydrogen-bond acceptors (Lipinski definition) is 3. The summed E-state index contributed by atoms with van der Waals surface area (Å²) in [6, 6.07) is -2.15. The average Bonchev–Trinajstić information content (AvgIpc) is 2.15. The monoisotopic (exact) mass is 243 g/mol. The van der Waals surface area contributed by atoms with Gasteiger partial charge >= 0.3 is 12.0 Å². The van der Waals surface area contributed by atoms with Gasteiger partial charge in [0.2, 0.25) is 5.91 Å². The van der Waals surface area contributed by atoms with Crippen LogP contribution in [0.4, 0.5) is 4.79 Å². The maximum atomic E-state index is 11.4. The summed E-state index contributed by atoms with van der Waals surface area (Å²) in [6.45, 7) is 5.25. The number of amides is 3. The zero-order valence-corrected chi connectivity index (χ0v) is 9.60. The van der Waals surface area contributed by atoms with Crippen molar-refractivity contribution in [1.29, 1.82) is 0 Å². The Morgan fingerprint density at radius 2 is 2.00 bits per heavy atom. The molecule has 5 N–H and O–H groups in total. The normalized spacial score (nSPS) is 13.2. The first kappa shape index (κ1) is 14.9. The SMILES string of the molecule is C=CCC(C)NC(=O)NC(CC(N)=O)C(=O)O. The van der Waals surface area contributed by atoms with Crippen molar-refractivity contribution >= 4 is 17.9 Å². The molecule has 0 fully saturated rings. The second-order valence-corrected chi connectivity index (χ2v) is 3.60. The molecule has 0 saturated heterocycles. The van der Waals surface area contributed by atoms with Crippen LogP contribution < -0.4 is 16.4 Å². The summed E-state index contributed by atoms with van der Waals surface area (Å²) in [6.07, 6.45) is 1.74. The summed E-state index contributed by atoms with van der Waals surface area (Å²) >= 11 is 0. The Kier molecular flexibility index (Phi) is 6.39. The molecule has 2 atom stereocenters. The van der Waals surface area contributed by atoms with Crippen molar-refractivity contribution in [1.82, 2.24) is 10.6 Å². The number of rotatable bonds is 7. The Labute approximate surface area is 99.1 Å². The van der Waals surface area contributed by atoms with Crippen molar-refractivity contribution in [3.8, 4) is 0 Å². The number of carboxylic acid groups (broad SMARTS) is 1. The van der Waals surface area contributed by atoms with Crippen molar-refractivity contribution in [2.75, 3.05) is 0 Å². The average molecular weight is 243 g/mol. The first-order valence-electron chi connectivity index (χ1n) is 5.05. The van der Waals surface area contributed by atoms with Crippen molar-refractivity contribution in [2.45, 2.75) is 31.8 Å². The number of aliphatic carboxylic acids is 1. The molecule has 0 saturated carbocycles. The number of urea groups is 1. The zero-order chi connectivity index (χ0) is 13.4. The molecule has 0 aliphatic carbocycles. The lowest BCUT2D eigenvalue weighted by Crippen LogP contribution is -2.49. The van der Waals surface area contributed by atoms with Gasteiger partial charge in [0.25, 0.3) is 0 Å². The van der Waals surface area contributed by atoms with Crippen LogP contribution >= 0.6 is 0 Å². The second kappa shape index (κ2) is 7.26. The third-order valence-corrected chi connectivity index (χ3v) is 1.91. The molecular weight excluding hydrogens is 226 g/mol. The van der Waals surface area contributed by atoms with Crippen LogP contribution in [-0.4, -0.2) is 35.1 Å². The molecule has 2 unspecified atom stereocenters. The van der Waals surface area contributed by atoms with E-state index in [1.165, 1.54) is 0 Å². The van der Waals surface area contributed by atoms with E-state index in [9.17, 15) is 14.4 Å². The first-order valence-corrected chi connectivity index (χ1v) is 5.05. The maximum Gasteiger partial charge on any atom is 0.326 e. The van der Waals surface area contributed by atoms with Gasteiger partial charge in [-0.3, -0.25) is 4.79 Å². The molecule has 0 heterocycles. The van der Waals surface area contributed by atoms with E-state index < -0.39 is 30.4 Å². The fourth-order valence-electron chi connectivity index (χ4n) is 1.13. The van der Waals surface area contributed by atoms with E-state index in [-0.39, 0.29) is 6.04 Å². The number of hydrogen-bond donors (Lipinski definition) is 4. The molecule has 0 radical (unpaired) electrons. The molecule has 0 aromatic rings. The molecule has 7 nitrogen and oxygen atoms in total. The van der Waals surface area contributed by atoms with Crippen molar-refractivity contribution < 1.29 is 19.5 Å². The van der Waals surface area contributed by atoms with Crippen LogP contribution in [0.1, 0.15) is 19.8 Å². The van der Waals surface area contributed by atoms with Crippen LogP contribution in [0, 0.1) is 0 Å².